The molecule has 0 aromatic heterocycles. The molecule has 0 saturated carbocycles. The van der Waals surface area contributed by atoms with E-state index < -0.39 is 11.8 Å². The molecule has 0 aliphatic heterocycles. The van der Waals surface area contributed by atoms with E-state index in [9.17, 15) is 9.59 Å². The highest BCUT2D eigenvalue weighted by atomic mass is 16.5. The van der Waals surface area contributed by atoms with Gasteiger partial charge in [0.05, 0.1) is 6.61 Å². The van der Waals surface area contributed by atoms with Crippen LogP contribution in [0.3, 0.4) is 0 Å². The Balaban J connectivity index is 3.25. The number of carbonyl (C=O) groups is 2. The van der Waals surface area contributed by atoms with Crippen LogP contribution < -0.4 is 0 Å². The molecule has 0 radical (unpaired) electrons. The van der Waals surface area contributed by atoms with Crippen LogP contribution in [0, 0.1) is 0 Å². The number of carbonyl (C=O) groups excluding carboxylic acids is 2. The van der Waals surface area contributed by atoms with Crippen LogP contribution in [0.2, 0.25) is 0 Å². The standard InChI is InChI=1S/C15H28O3/c1-3-5-6-7-8-9-10-11-13-18-15(17)14(16)12-4-2/h3-13H2,1-2H3. The molecule has 0 saturated heterocycles. The largest absolute Gasteiger partial charge is 0.460 e. The maximum atomic E-state index is 11.2. The van der Waals surface area contributed by atoms with Crippen molar-refractivity contribution >= 4 is 11.8 Å². The van der Waals surface area contributed by atoms with Crippen molar-refractivity contribution in [2.24, 2.45) is 0 Å². The summed E-state index contributed by atoms with van der Waals surface area (Å²) < 4.78 is 4.91. The summed E-state index contributed by atoms with van der Waals surface area (Å²) >= 11 is 0. The number of rotatable bonds is 12. The number of unbranched alkanes of at least 4 members (excludes halogenated alkanes) is 7. The van der Waals surface area contributed by atoms with Crippen molar-refractivity contribution in [1.82, 2.24) is 0 Å². The minimum absolute atomic E-state index is 0.302. The first-order valence-electron chi connectivity index (χ1n) is 7.42. The van der Waals surface area contributed by atoms with Gasteiger partial charge in [0.15, 0.2) is 0 Å². The molecule has 0 heterocycles. The predicted molar refractivity (Wildman–Crippen MR) is 73.5 cm³/mol. The van der Waals surface area contributed by atoms with E-state index in [2.05, 4.69) is 6.92 Å². The molecular formula is C15H28O3. The van der Waals surface area contributed by atoms with Crippen LogP contribution in [-0.4, -0.2) is 18.4 Å². The van der Waals surface area contributed by atoms with E-state index in [1.165, 1.54) is 38.5 Å². The first-order chi connectivity index (χ1) is 8.72. The van der Waals surface area contributed by atoms with E-state index in [0.29, 0.717) is 19.4 Å². The summed E-state index contributed by atoms with van der Waals surface area (Å²) in [5.41, 5.74) is 0. The minimum Gasteiger partial charge on any atom is -0.460 e. The van der Waals surface area contributed by atoms with Crippen LogP contribution in [0.15, 0.2) is 0 Å². The zero-order valence-electron chi connectivity index (χ0n) is 12.0. The van der Waals surface area contributed by atoms with Crippen LogP contribution >= 0.6 is 0 Å². The molecule has 0 aliphatic rings. The molecule has 0 amide bonds. The summed E-state index contributed by atoms with van der Waals surface area (Å²) in [4.78, 5) is 22.3. The Morgan fingerprint density at radius 2 is 1.33 bits per heavy atom. The monoisotopic (exact) mass is 256 g/mol. The zero-order valence-corrected chi connectivity index (χ0v) is 12.0. The first kappa shape index (κ1) is 17.1. The number of hydrogen-bond acceptors (Lipinski definition) is 3. The van der Waals surface area contributed by atoms with Crippen LogP contribution in [-0.2, 0) is 14.3 Å². The molecule has 106 valence electrons. The highest BCUT2D eigenvalue weighted by molar-refractivity contribution is 6.33. The lowest BCUT2D eigenvalue weighted by Gasteiger charge is -2.04. The second-order valence-electron chi connectivity index (χ2n) is 4.78. The third-order valence-electron chi connectivity index (χ3n) is 2.94. The van der Waals surface area contributed by atoms with E-state index in [1.54, 1.807) is 0 Å². The molecule has 0 fully saturated rings. The molecule has 18 heavy (non-hydrogen) atoms. The van der Waals surface area contributed by atoms with Gasteiger partial charge in [-0.15, -0.1) is 0 Å². The second kappa shape index (κ2) is 12.6. The molecule has 3 nitrogen and oxygen atoms in total. The molecule has 0 spiro atoms. The fourth-order valence-corrected chi connectivity index (χ4v) is 1.81. The Kier molecular flexibility index (Phi) is 12.0. The number of ketones is 1. The molecule has 0 bridgehead atoms. The fourth-order valence-electron chi connectivity index (χ4n) is 1.81. The Morgan fingerprint density at radius 1 is 0.778 bits per heavy atom. The van der Waals surface area contributed by atoms with E-state index in [0.717, 1.165) is 12.8 Å². The third kappa shape index (κ3) is 10.3. The van der Waals surface area contributed by atoms with Crippen LogP contribution in [0.5, 0.6) is 0 Å². The van der Waals surface area contributed by atoms with Gasteiger partial charge in [-0.3, -0.25) is 4.79 Å². The Bertz CT molecular complexity index is 224. The first-order valence-corrected chi connectivity index (χ1v) is 7.42. The van der Waals surface area contributed by atoms with Crippen LogP contribution in [0.1, 0.15) is 78.1 Å². The van der Waals surface area contributed by atoms with Gasteiger partial charge in [0.2, 0.25) is 5.78 Å². The van der Waals surface area contributed by atoms with Gasteiger partial charge in [-0.2, -0.15) is 0 Å². The van der Waals surface area contributed by atoms with Gasteiger partial charge in [-0.05, 0) is 12.8 Å². The summed E-state index contributed by atoms with van der Waals surface area (Å²) in [6.07, 6.45) is 10.7. The topological polar surface area (TPSA) is 43.4 Å². The van der Waals surface area contributed by atoms with Crippen molar-refractivity contribution in [3.63, 3.8) is 0 Å². The highest BCUT2D eigenvalue weighted by Crippen LogP contribution is 2.08. The SMILES string of the molecule is CCCCCCCCCCOC(=O)C(=O)CCC. The van der Waals surface area contributed by atoms with Crippen molar-refractivity contribution in [2.75, 3.05) is 6.61 Å². The van der Waals surface area contributed by atoms with Crippen LogP contribution in [0.25, 0.3) is 0 Å². The molecule has 0 unspecified atom stereocenters. The van der Waals surface area contributed by atoms with E-state index >= 15 is 0 Å². The maximum Gasteiger partial charge on any atom is 0.374 e. The fraction of sp³-hybridized carbons (Fsp3) is 0.867. The lowest BCUT2D eigenvalue weighted by Crippen LogP contribution is -2.17. The normalized spacial score (nSPS) is 10.3. The van der Waals surface area contributed by atoms with Gasteiger partial charge in [0.25, 0.3) is 0 Å². The van der Waals surface area contributed by atoms with Gasteiger partial charge < -0.3 is 4.74 Å². The summed E-state index contributed by atoms with van der Waals surface area (Å²) in [6.45, 7) is 4.49. The van der Waals surface area contributed by atoms with E-state index in [4.69, 9.17) is 4.74 Å². The molecule has 0 aromatic carbocycles. The smallest absolute Gasteiger partial charge is 0.374 e. The van der Waals surface area contributed by atoms with Crippen LogP contribution in [0.4, 0.5) is 0 Å². The van der Waals surface area contributed by atoms with Gasteiger partial charge in [0, 0.05) is 6.42 Å². The second-order valence-corrected chi connectivity index (χ2v) is 4.78. The van der Waals surface area contributed by atoms with E-state index in [1.807, 2.05) is 6.92 Å². The molecule has 0 atom stereocenters. The van der Waals surface area contributed by atoms with Crippen molar-refractivity contribution in [2.45, 2.75) is 78.1 Å². The molecule has 0 N–H and O–H groups in total. The highest BCUT2D eigenvalue weighted by Gasteiger charge is 2.12. The van der Waals surface area contributed by atoms with Gasteiger partial charge >= 0.3 is 5.97 Å². The van der Waals surface area contributed by atoms with Crippen molar-refractivity contribution in [3.05, 3.63) is 0 Å². The quantitative estimate of drug-likeness (QED) is 0.301. The molecule has 0 aliphatic carbocycles. The van der Waals surface area contributed by atoms with Gasteiger partial charge in [-0.1, -0.05) is 58.8 Å². The summed E-state index contributed by atoms with van der Waals surface area (Å²) in [5, 5.41) is 0. The number of ether oxygens (including phenoxy) is 1. The lowest BCUT2D eigenvalue weighted by atomic mass is 10.1. The van der Waals surface area contributed by atoms with Crippen molar-refractivity contribution in [1.29, 1.82) is 0 Å². The Hall–Kier alpha value is -0.860. The van der Waals surface area contributed by atoms with Gasteiger partial charge in [0.1, 0.15) is 0 Å². The van der Waals surface area contributed by atoms with E-state index in [-0.39, 0.29) is 0 Å². The maximum absolute atomic E-state index is 11.2. The molecular weight excluding hydrogens is 228 g/mol. The van der Waals surface area contributed by atoms with Gasteiger partial charge in [-0.25, -0.2) is 4.79 Å². The number of esters is 1. The molecule has 0 rings (SSSR count). The summed E-state index contributed by atoms with van der Waals surface area (Å²) in [7, 11) is 0. The van der Waals surface area contributed by atoms with Crippen molar-refractivity contribution in [3.8, 4) is 0 Å². The molecule has 3 heteroatoms. The predicted octanol–water partition coefficient (Wildman–Crippen LogP) is 4.04. The summed E-state index contributed by atoms with van der Waals surface area (Å²) in [5.74, 6) is -1.04. The third-order valence-corrected chi connectivity index (χ3v) is 2.94. The Labute approximate surface area is 111 Å². The summed E-state index contributed by atoms with van der Waals surface area (Å²) in [6, 6.07) is 0. The molecule has 0 aromatic rings. The zero-order chi connectivity index (χ0) is 13.6. The lowest BCUT2D eigenvalue weighted by molar-refractivity contribution is -0.154. The minimum atomic E-state index is -0.653. The average molecular weight is 256 g/mol. The number of Topliss-reactive ketones (excluding diaryl/α,β-unsaturated/α-hetero) is 1. The average Bonchev–Trinajstić information content (AvgIpc) is 2.36. The van der Waals surface area contributed by atoms with Crippen molar-refractivity contribution < 1.29 is 14.3 Å². The Morgan fingerprint density at radius 3 is 1.89 bits per heavy atom. The number of hydrogen-bond donors (Lipinski definition) is 0.